The number of hydrogen-bond acceptors (Lipinski definition) is 2. The van der Waals surface area contributed by atoms with Gasteiger partial charge in [0.05, 0.1) is 11.9 Å². The highest BCUT2D eigenvalue weighted by Crippen LogP contribution is 2.31. The van der Waals surface area contributed by atoms with Gasteiger partial charge in [-0.25, -0.2) is 9.98 Å². The molecule has 1 aromatic heterocycles. The van der Waals surface area contributed by atoms with E-state index in [0.29, 0.717) is 11.4 Å². The highest BCUT2D eigenvalue weighted by Gasteiger charge is 2.29. The Labute approximate surface area is 120 Å². The third-order valence-corrected chi connectivity index (χ3v) is 2.71. The number of rotatable bonds is 3. The number of aliphatic imine (C=N–C) groups is 1. The molecule has 110 valence electrons. The molecule has 0 aliphatic heterocycles. The number of pyridine rings is 1. The van der Waals surface area contributed by atoms with E-state index in [0.717, 1.165) is 17.7 Å². The van der Waals surface area contributed by atoms with Gasteiger partial charge in [0.25, 0.3) is 0 Å². The van der Waals surface area contributed by atoms with E-state index >= 15 is 0 Å². The van der Waals surface area contributed by atoms with Crippen molar-refractivity contribution in [1.29, 1.82) is 0 Å². The zero-order chi connectivity index (χ0) is 15.5. The Bertz CT molecular complexity index is 614. The summed E-state index contributed by atoms with van der Waals surface area (Å²) in [6.07, 6.45) is -1.10. The second-order valence-electron chi connectivity index (χ2n) is 4.69. The Balaban J connectivity index is 2.19. The van der Waals surface area contributed by atoms with Gasteiger partial charge in [-0.1, -0.05) is 12.1 Å². The zero-order valence-electron chi connectivity index (χ0n) is 11.6. The van der Waals surface area contributed by atoms with Gasteiger partial charge in [-0.3, -0.25) is 0 Å². The van der Waals surface area contributed by atoms with E-state index < -0.39 is 11.7 Å². The molecule has 0 saturated carbocycles. The molecule has 0 atom stereocenters. The molecule has 3 nitrogen and oxygen atoms in total. The quantitative estimate of drug-likeness (QED) is 0.632. The van der Waals surface area contributed by atoms with Crippen molar-refractivity contribution < 1.29 is 13.2 Å². The van der Waals surface area contributed by atoms with Gasteiger partial charge in [-0.2, -0.15) is 13.2 Å². The van der Waals surface area contributed by atoms with Crippen LogP contribution in [0.3, 0.4) is 0 Å². The van der Waals surface area contributed by atoms with Gasteiger partial charge in [-0.05, 0) is 29.8 Å². The van der Waals surface area contributed by atoms with Crippen molar-refractivity contribution in [3.05, 3.63) is 48.2 Å². The Kier molecular flexibility index (Phi) is 4.26. The fourth-order valence-electron chi connectivity index (χ4n) is 1.66. The van der Waals surface area contributed by atoms with E-state index in [1.165, 1.54) is 12.1 Å². The Morgan fingerprint density at radius 3 is 2.10 bits per heavy atom. The third-order valence-electron chi connectivity index (χ3n) is 2.71. The number of alkyl halides is 3. The van der Waals surface area contributed by atoms with Crippen molar-refractivity contribution in [3.8, 4) is 11.1 Å². The predicted octanol–water partition coefficient (Wildman–Crippen LogP) is 3.99. The summed E-state index contributed by atoms with van der Waals surface area (Å²) in [7, 11) is 3.69. The lowest BCUT2D eigenvalue weighted by Gasteiger charge is -2.07. The summed E-state index contributed by atoms with van der Waals surface area (Å²) in [5.41, 5.74) is 0.762. The molecule has 21 heavy (non-hydrogen) atoms. The molecule has 6 heteroatoms. The summed E-state index contributed by atoms with van der Waals surface area (Å²) in [4.78, 5) is 10.1. The Morgan fingerprint density at radius 1 is 1.00 bits per heavy atom. The highest BCUT2D eigenvalue weighted by molar-refractivity contribution is 5.65. The second kappa shape index (κ2) is 5.95. The van der Waals surface area contributed by atoms with Gasteiger partial charge in [0.15, 0.2) is 5.82 Å². The van der Waals surface area contributed by atoms with Gasteiger partial charge in [-0.15, -0.1) is 0 Å². The summed E-state index contributed by atoms with van der Waals surface area (Å²) in [5, 5.41) is 0. The molecule has 0 bridgehead atoms. The minimum absolute atomic E-state index is 0.541. The fraction of sp³-hybridized carbons (Fsp3) is 0.200. The topological polar surface area (TPSA) is 28.5 Å². The molecular formula is C15H14F3N3. The van der Waals surface area contributed by atoms with Crippen molar-refractivity contribution in [2.75, 3.05) is 14.1 Å². The van der Waals surface area contributed by atoms with Gasteiger partial charge < -0.3 is 4.90 Å². The van der Waals surface area contributed by atoms with Crippen molar-refractivity contribution in [2.24, 2.45) is 4.99 Å². The van der Waals surface area contributed by atoms with Crippen molar-refractivity contribution in [2.45, 2.75) is 6.18 Å². The maximum absolute atomic E-state index is 12.5. The van der Waals surface area contributed by atoms with Crippen molar-refractivity contribution in [1.82, 2.24) is 9.88 Å². The fourth-order valence-corrected chi connectivity index (χ4v) is 1.66. The summed E-state index contributed by atoms with van der Waals surface area (Å²) in [6.45, 7) is 0. The number of hydrogen-bond donors (Lipinski definition) is 0. The Morgan fingerprint density at radius 2 is 1.62 bits per heavy atom. The van der Waals surface area contributed by atoms with Crippen LogP contribution in [0.5, 0.6) is 0 Å². The second-order valence-corrected chi connectivity index (χ2v) is 4.69. The first kappa shape index (κ1) is 15.0. The summed E-state index contributed by atoms with van der Waals surface area (Å²) < 4.78 is 37.5. The molecule has 0 saturated heterocycles. The van der Waals surface area contributed by atoms with E-state index in [4.69, 9.17) is 0 Å². The molecule has 0 amide bonds. The molecule has 2 aromatic rings. The molecule has 0 spiro atoms. The minimum Gasteiger partial charge on any atom is -0.369 e. The standard InChI is InChI=1S/C15H14F3N3/c1-21(2)10-20-14-8-5-12(9-19-14)11-3-6-13(7-4-11)15(16,17)18/h3-10H,1-2H3. The summed E-state index contributed by atoms with van der Waals surface area (Å²) in [6, 6.07) is 8.48. The monoisotopic (exact) mass is 293 g/mol. The SMILES string of the molecule is CN(C)C=Nc1ccc(-c2ccc(C(F)(F)F)cc2)cn1. The normalized spacial score (nSPS) is 11.9. The lowest BCUT2D eigenvalue weighted by molar-refractivity contribution is -0.137. The van der Waals surface area contributed by atoms with E-state index in [2.05, 4.69) is 9.98 Å². The van der Waals surface area contributed by atoms with Crippen molar-refractivity contribution in [3.63, 3.8) is 0 Å². The molecule has 0 fully saturated rings. The van der Waals surface area contributed by atoms with Gasteiger partial charge in [0.2, 0.25) is 0 Å². The van der Waals surface area contributed by atoms with Crippen LogP contribution < -0.4 is 0 Å². The number of aromatic nitrogens is 1. The van der Waals surface area contributed by atoms with Crippen LogP contribution in [0.15, 0.2) is 47.6 Å². The van der Waals surface area contributed by atoms with Crippen molar-refractivity contribution >= 4 is 12.2 Å². The first-order valence-electron chi connectivity index (χ1n) is 6.20. The number of benzene rings is 1. The molecule has 0 N–H and O–H groups in total. The van der Waals surface area contributed by atoms with E-state index in [9.17, 15) is 13.2 Å². The smallest absolute Gasteiger partial charge is 0.369 e. The predicted molar refractivity (Wildman–Crippen MR) is 76.5 cm³/mol. The lowest BCUT2D eigenvalue weighted by Crippen LogP contribution is -2.07. The van der Waals surface area contributed by atoms with E-state index in [1.807, 2.05) is 14.1 Å². The third kappa shape index (κ3) is 4.05. The maximum atomic E-state index is 12.5. The van der Waals surface area contributed by atoms with E-state index in [1.54, 1.807) is 29.6 Å². The molecule has 0 unspecified atom stereocenters. The zero-order valence-corrected chi connectivity index (χ0v) is 11.6. The number of halogens is 3. The van der Waals surface area contributed by atoms with Crippen LogP contribution >= 0.6 is 0 Å². The lowest BCUT2D eigenvalue weighted by atomic mass is 10.1. The van der Waals surface area contributed by atoms with Gasteiger partial charge in [0, 0.05) is 25.9 Å². The van der Waals surface area contributed by atoms with Crippen LogP contribution in [-0.4, -0.2) is 30.3 Å². The molecule has 0 aliphatic rings. The largest absolute Gasteiger partial charge is 0.416 e. The molecule has 1 heterocycles. The molecule has 0 aliphatic carbocycles. The van der Waals surface area contributed by atoms with Crippen LogP contribution in [0.2, 0.25) is 0 Å². The summed E-state index contributed by atoms with van der Waals surface area (Å²) >= 11 is 0. The minimum atomic E-state index is -4.32. The maximum Gasteiger partial charge on any atom is 0.416 e. The van der Waals surface area contributed by atoms with Crippen LogP contribution in [-0.2, 0) is 6.18 Å². The molecular weight excluding hydrogens is 279 g/mol. The van der Waals surface area contributed by atoms with Crippen LogP contribution in [0, 0.1) is 0 Å². The van der Waals surface area contributed by atoms with Crippen LogP contribution in [0.1, 0.15) is 5.56 Å². The van der Waals surface area contributed by atoms with Crippen LogP contribution in [0.4, 0.5) is 19.0 Å². The number of nitrogens with zero attached hydrogens (tertiary/aromatic N) is 3. The molecule has 2 rings (SSSR count). The van der Waals surface area contributed by atoms with Gasteiger partial charge in [0.1, 0.15) is 0 Å². The van der Waals surface area contributed by atoms with Gasteiger partial charge >= 0.3 is 6.18 Å². The van der Waals surface area contributed by atoms with E-state index in [-0.39, 0.29) is 0 Å². The first-order valence-corrected chi connectivity index (χ1v) is 6.20. The molecule has 1 aromatic carbocycles. The highest BCUT2D eigenvalue weighted by atomic mass is 19.4. The average molecular weight is 293 g/mol. The first-order chi connectivity index (χ1) is 9.86. The molecule has 0 radical (unpaired) electrons. The van der Waals surface area contributed by atoms with Crippen LogP contribution in [0.25, 0.3) is 11.1 Å². The average Bonchev–Trinajstić information content (AvgIpc) is 2.45. The Hall–Kier alpha value is -2.37. The summed E-state index contributed by atoms with van der Waals surface area (Å²) in [5.74, 6) is 0.541.